The van der Waals surface area contributed by atoms with Crippen molar-refractivity contribution < 1.29 is 9.53 Å². The SMILES string of the molecule is CCOc1ccccc1-c1ccc2c(n1)CNC[C@]21CCN(C(=O)c2ccccc2)CC1CC. The van der Waals surface area contributed by atoms with Crippen LogP contribution in [0.2, 0.25) is 0 Å². The van der Waals surface area contributed by atoms with Crippen molar-refractivity contribution >= 4 is 5.91 Å². The number of carbonyl (C=O) groups is 1. The van der Waals surface area contributed by atoms with Gasteiger partial charge in [0.25, 0.3) is 5.91 Å². The van der Waals surface area contributed by atoms with Gasteiger partial charge in [-0.1, -0.05) is 49.7 Å². The van der Waals surface area contributed by atoms with Crippen molar-refractivity contribution in [3.63, 3.8) is 0 Å². The number of piperidine rings is 1. The molecule has 5 nitrogen and oxygen atoms in total. The molecule has 1 aromatic heterocycles. The van der Waals surface area contributed by atoms with Crippen LogP contribution in [0, 0.1) is 5.92 Å². The molecule has 5 heteroatoms. The highest BCUT2D eigenvalue weighted by molar-refractivity contribution is 5.94. The van der Waals surface area contributed by atoms with Gasteiger partial charge in [0.2, 0.25) is 0 Å². The molecule has 0 aliphatic carbocycles. The first-order valence-corrected chi connectivity index (χ1v) is 12.4. The van der Waals surface area contributed by atoms with Gasteiger partial charge in [-0.15, -0.1) is 0 Å². The summed E-state index contributed by atoms with van der Waals surface area (Å²) in [6, 6.07) is 22.2. The Morgan fingerprint density at radius 2 is 1.88 bits per heavy atom. The number of ether oxygens (including phenoxy) is 1. The summed E-state index contributed by atoms with van der Waals surface area (Å²) in [6.45, 7) is 8.12. The van der Waals surface area contributed by atoms with Gasteiger partial charge in [0.05, 0.1) is 18.0 Å². The summed E-state index contributed by atoms with van der Waals surface area (Å²) in [6.07, 6.45) is 1.97. The second-order valence-electron chi connectivity index (χ2n) is 9.35. The zero-order valence-corrected chi connectivity index (χ0v) is 20.1. The van der Waals surface area contributed by atoms with Gasteiger partial charge in [0.1, 0.15) is 5.75 Å². The fourth-order valence-electron chi connectivity index (χ4n) is 5.82. The maximum atomic E-state index is 13.2. The van der Waals surface area contributed by atoms with E-state index in [-0.39, 0.29) is 11.3 Å². The Labute approximate surface area is 202 Å². The highest BCUT2D eigenvalue weighted by Crippen LogP contribution is 2.45. The number of nitrogens with one attached hydrogen (secondary N) is 1. The van der Waals surface area contributed by atoms with Crippen molar-refractivity contribution in [3.8, 4) is 17.0 Å². The highest BCUT2D eigenvalue weighted by Gasteiger charge is 2.47. The molecular weight excluding hydrogens is 422 g/mol. The minimum atomic E-state index is 0.000761. The average Bonchev–Trinajstić information content (AvgIpc) is 2.89. The van der Waals surface area contributed by atoms with Gasteiger partial charge in [0, 0.05) is 42.7 Å². The number of amides is 1. The lowest BCUT2D eigenvalue weighted by molar-refractivity contribution is 0.0498. The Morgan fingerprint density at radius 3 is 2.68 bits per heavy atom. The number of nitrogens with zero attached hydrogens (tertiary/aromatic N) is 2. The number of hydrogen-bond acceptors (Lipinski definition) is 4. The van der Waals surface area contributed by atoms with Crippen LogP contribution in [0.3, 0.4) is 0 Å². The molecule has 2 aliphatic heterocycles. The molecule has 0 saturated carbocycles. The number of aromatic nitrogens is 1. The second kappa shape index (κ2) is 9.59. The van der Waals surface area contributed by atoms with Crippen LogP contribution in [0.4, 0.5) is 0 Å². The summed E-state index contributed by atoms with van der Waals surface area (Å²) < 4.78 is 5.86. The van der Waals surface area contributed by atoms with Gasteiger partial charge in [-0.2, -0.15) is 0 Å². The van der Waals surface area contributed by atoms with E-state index in [0.29, 0.717) is 12.5 Å². The molecule has 1 unspecified atom stereocenters. The molecule has 0 bridgehead atoms. The van der Waals surface area contributed by atoms with Gasteiger partial charge in [0.15, 0.2) is 0 Å². The smallest absolute Gasteiger partial charge is 0.253 e. The predicted octanol–water partition coefficient (Wildman–Crippen LogP) is 5.06. The summed E-state index contributed by atoms with van der Waals surface area (Å²) in [4.78, 5) is 20.3. The largest absolute Gasteiger partial charge is 0.493 e. The number of hydrogen-bond donors (Lipinski definition) is 1. The number of pyridine rings is 1. The van der Waals surface area contributed by atoms with E-state index in [2.05, 4.69) is 30.4 Å². The lowest BCUT2D eigenvalue weighted by Gasteiger charge is -2.50. The molecule has 2 atom stereocenters. The van der Waals surface area contributed by atoms with E-state index in [4.69, 9.17) is 9.72 Å². The third-order valence-corrected chi connectivity index (χ3v) is 7.56. The topological polar surface area (TPSA) is 54.5 Å². The quantitative estimate of drug-likeness (QED) is 0.584. The number of para-hydroxylation sites is 1. The van der Waals surface area contributed by atoms with Gasteiger partial charge in [-0.05, 0) is 55.2 Å². The summed E-state index contributed by atoms with van der Waals surface area (Å²) in [5, 5.41) is 3.66. The standard InChI is InChI=1S/C29H33N3O2/c1-3-22-19-32(28(33)21-10-6-5-7-11-21)17-16-29(22)20-30-18-26-24(29)14-15-25(31-26)23-12-8-9-13-27(23)34-4-2/h5-15,22,30H,3-4,16-20H2,1-2H3/t22?,29-/m0/s1. The van der Waals surface area contributed by atoms with E-state index in [1.54, 1.807) is 0 Å². The van der Waals surface area contributed by atoms with Gasteiger partial charge in [-0.25, -0.2) is 0 Å². The summed E-state index contributed by atoms with van der Waals surface area (Å²) >= 11 is 0. The van der Waals surface area contributed by atoms with Gasteiger partial charge < -0.3 is 15.0 Å². The number of benzene rings is 2. The molecule has 1 spiro atoms. The molecule has 3 aromatic rings. The van der Waals surface area contributed by atoms with Crippen molar-refractivity contribution in [2.24, 2.45) is 5.92 Å². The zero-order valence-electron chi connectivity index (χ0n) is 20.1. The molecular formula is C29H33N3O2. The van der Waals surface area contributed by atoms with E-state index < -0.39 is 0 Å². The average molecular weight is 456 g/mol. The van der Waals surface area contributed by atoms with Crippen molar-refractivity contribution in [2.45, 2.75) is 38.6 Å². The molecule has 1 fully saturated rings. The van der Waals surface area contributed by atoms with Crippen molar-refractivity contribution in [3.05, 3.63) is 83.6 Å². The van der Waals surface area contributed by atoms with E-state index >= 15 is 0 Å². The Kier molecular flexibility index (Phi) is 6.38. The van der Waals surface area contributed by atoms with Crippen LogP contribution in [-0.4, -0.2) is 42.0 Å². The van der Waals surface area contributed by atoms with E-state index in [0.717, 1.165) is 67.3 Å². The van der Waals surface area contributed by atoms with Gasteiger partial charge >= 0.3 is 0 Å². The Bertz CT molecular complexity index is 1160. The molecule has 1 N–H and O–H groups in total. The number of rotatable bonds is 5. The van der Waals surface area contributed by atoms with Crippen LogP contribution in [0.1, 0.15) is 48.3 Å². The number of carbonyl (C=O) groups excluding carboxylic acids is 1. The fraction of sp³-hybridized carbons (Fsp3) is 0.379. The first kappa shape index (κ1) is 22.6. The van der Waals surface area contributed by atoms with Crippen LogP contribution in [-0.2, 0) is 12.0 Å². The van der Waals surface area contributed by atoms with E-state index in [1.165, 1.54) is 5.56 Å². The van der Waals surface area contributed by atoms with E-state index in [1.807, 2.05) is 60.4 Å². The number of fused-ring (bicyclic) bond motifs is 2. The maximum absolute atomic E-state index is 13.2. The molecule has 176 valence electrons. The minimum Gasteiger partial charge on any atom is -0.493 e. The summed E-state index contributed by atoms with van der Waals surface area (Å²) in [7, 11) is 0. The van der Waals surface area contributed by atoms with Crippen molar-refractivity contribution in [2.75, 3.05) is 26.2 Å². The van der Waals surface area contributed by atoms with Crippen LogP contribution in [0.5, 0.6) is 5.75 Å². The van der Waals surface area contributed by atoms with Crippen molar-refractivity contribution in [1.29, 1.82) is 0 Å². The third kappa shape index (κ3) is 3.98. The first-order chi connectivity index (χ1) is 16.7. The fourth-order valence-corrected chi connectivity index (χ4v) is 5.82. The lowest BCUT2D eigenvalue weighted by atomic mass is 9.63. The Balaban J connectivity index is 1.45. The minimum absolute atomic E-state index is 0.000761. The lowest BCUT2D eigenvalue weighted by Crippen LogP contribution is -2.57. The Morgan fingerprint density at radius 1 is 1.09 bits per heavy atom. The molecule has 2 aliphatic rings. The molecule has 0 radical (unpaired) electrons. The molecule has 2 aromatic carbocycles. The van der Waals surface area contributed by atoms with Crippen LogP contribution < -0.4 is 10.1 Å². The maximum Gasteiger partial charge on any atom is 0.253 e. The third-order valence-electron chi connectivity index (χ3n) is 7.56. The second-order valence-corrected chi connectivity index (χ2v) is 9.35. The van der Waals surface area contributed by atoms with Crippen molar-refractivity contribution in [1.82, 2.24) is 15.2 Å². The predicted molar refractivity (Wildman–Crippen MR) is 135 cm³/mol. The van der Waals surface area contributed by atoms with Gasteiger partial charge in [-0.3, -0.25) is 9.78 Å². The van der Waals surface area contributed by atoms with Crippen LogP contribution in [0.15, 0.2) is 66.7 Å². The number of likely N-dealkylation sites (tertiary alicyclic amines) is 1. The zero-order chi connectivity index (χ0) is 23.5. The monoisotopic (exact) mass is 455 g/mol. The Hall–Kier alpha value is -3.18. The molecule has 5 rings (SSSR count). The molecule has 1 saturated heterocycles. The normalized spacial score (nSPS) is 21.8. The van der Waals surface area contributed by atoms with Crippen LogP contribution >= 0.6 is 0 Å². The molecule has 34 heavy (non-hydrogen) atoms. The first-order valence-electron chi connectivity index (χ1n) is 12.4. The van der Waals surface area contributed by atoms with E-state index in [9.17, 15) is 4.79 Å². The molecule has 1 amide bonds. The summed E-state index contributed by atoms with van der Waals surface area (Å²) in [5.41, 5.74) is 5.22. The highest BCUT2D eigenvalue weighted by atomic mass is 16.5. The van der Waals surface area contributed by atoms with Crippen LogP contribution in [0.25, 0.3) is 11.3 Å². The molecule has 3 heterocycles. The summed E-state index contributed by atoms with van der Waals surface area (Å²) in [5.74, 6) is 1.39.